The van der Waals surface area contributed by atoms with Crippen LogP contribution in [0.15, 0.2) is 36.7 Å². The van der Waals surface area contributed by atoms with Crippen LogP contribution in [0.3, 0.4) is 0 Å². The van der Waals surface area contributed by atoms with Crippen LogP contribution in [0.5, 0.6) is 0 Å². The number of fused-ring (bicyclic) bond motifs is 1. The van der Waals surface area contributed by atoms with Crippen molar-refractivity contribution in [3.63, 3.8) is 0 Å². The number of carbonyl (C=O) groups is 1. The van der Waals surface area contributed by atoms with Crippen molar-refractivity contribution >= 4 is 22.5 Å². The number of anilines is 1. The highest BCUT2D eigenvalue weighted by molar-refractivity contribution is 6.04. The summed E-state index contributed by atoms with van der Waals surface area (Å²) in [6, 6.07) is 10.0. The van der Waals surface area contributed by atoms with Crippen LogP contribution in [0.2, 0.25) is 0 Å². The number of pyridine rings is 1. The van der Waals surface area contributed by atoms with Gasteiger partial charge in [0, 0.05) is 23.0 Å². The van der Waals surface area contributed by atoms with Crippen molar-refractivity contribution in [3.05, 3.63) is 36.7 Å². The molecule has 1 aromatic carbocycles. The molecular formula is C20H20N4O. The van der Waals surface area contributed by atoms with E-state index in [4.69, 9.17) is 0 Å². The van der Waals surface area contributed by atoms with Gasteiger partial charge in [-0.25, -0.2) is 4.79 Å². The molecule has 1 unspecified atom stereocenters. The smallest absolute Gasteiger partial charge is 0.318 e. The fourth-order valence-electron chi connectivity index (χ4n) is 4.42. The van der Waals surface area contributed by atoms with E-state index in [1.54, 1.807) is 17.3 Å². The number of hydrogen-bond donors (Lipinski definition) is 0. The van der Waals surface area contributed by atoms with Gasteiger partial charge in [0.2, 0.25) is 0 Å². The van der Waals surface area contributed by atoms with Crippen LogP contribution in [0.4, 0.5) is 10.5 Å². The Morgan fingerprint density at radius 2 is 1.92 bits per heavy atom. The third-order valence-electron chi connectivity index (χ3n) is 6.07. The van der Waals surface area contributed by atoms with Crippen molar-refractivity contribution in [2.75, 3.05) is 11.4 Å². The van der Waals surface area contributed by atoms with Crippen LogP contribution in [-0.4, -0.2) is 34.5 Å². The predicted octanol–water partition coefficient (Wildman–Crippen LogP) is 3.56. The SMILES string of the molecule is N#CC1CN(C2CC(C3CC3)C2)C(=O)N1c1cncc2ccccc12. The van der Waals surface area contributed by atoms with Gasteiger partial charge in [0.15, 0.2) is 0 Å². The van der Waals surface area contributed by atoms with Crippen LogP contribution >= 0.6 is 0 Å². The molecule has 0 bridgehead atoms. The molecule has 126 valence electrons. The molecule has 2 saturated carbocycles. The second-order valence-corrected chi connectivity index (χ2v) is 7.55. The fourth-order valence-corrected chi connectivity index (χ4v) is 4.42. The molecule has 5 heteroatoms. The Hall–Kier alpha value is -2.61. The minimum Gasteiger partial charge on any atom is -0.318 e. The van der Waals surface area contributed by atoms with Crippen molar-refractivity contribution in [1.29, 1.82) is 5.26 Å². The molecule has 3 aliphatic rings. The van der Waals surface area contributed by atoms with E-state index >= 15 is 0 Å². The van der Waals surface area contributed by atoms with Gasteiger partial charge in [-0.05, 0) is 37.5 Å². The first-order valence-corrected chi connectivity index (χ1v) is 9.08. The maximum absolute atomic E-state index is 13.1. The molecule has 1 atom stereocenters. The first kappa shape index (κ1) is 14.7. The molecule has 1 aromatic heterocycles. The molecule has 2 heterocycles. The Morgan fingerprint density at radius 3 is 2.68 bits per heavy atom. The molecule has 0 N–H and O–H groups in total. The average Bonchev–Trinajstić information content (AvgIpc) is 3.38. The molecule has 1 saturated heterocycles. The largest absolute Gasteiger partial charge is 0.326 e. The number of nitrogens with zero attached hydrogens (tertiary/aromatic N) is 4. The molecule has 5 rings (SSSR count). The van der Waals surface area contributed by atoms with E-state index in [2.05, 4.69) is 11.1 Å². The van der Waals surface area contributed by atoms with Gasteiger partial charge < -0.3 is 4.90 Å². The van der Waals surface area contributed by atoms with E-state index in [1.807, 2.05) is 29.2 Å². The monoisotopic (exact) mass is 332 g/mol. The molecular weight excluding hydrogens is 312 g/mol. The first-order valence-electron chi connectivity index (χ1n) is 9.08. The maximum atomic E-state index is 13.1. The lowest BCUT2D eigenvalue weighted by Crippen LogP contribution is -2.47. The third-order valence-corrected chi connectivity index (χ3v) is 6.07. The number of hydrogen-bond acceptors (Lipinski definition) is 3. The lowest BCUT2D eigenvalue weighted by Gasteiger charge is -2.41. The Balaban J connectivity index is 1.46. The summed E-state index contributed by atoms with van der Waals surface area (Å²) in [5.41, 5.74) is 0.746. The highest BCUT2D eigenvalue weighted by atomic mass is 16.2. The van der Waals surface area contributed by atoms with Gasteiger partial charge in [-0.15, -0.1) is 0 Å². The van der Waals surface area contributed by atoms with E-state index in [0.29, 0.717) is 12.6 Å². The summed E-state index contributed by atoms with van der Waals surface area (Å²) in [6.07, 6.45) is 8.44. The quantitative estimate of drug-likeness (QED) is 0.863. The lowest BCUT2D eigenvalue weighted by atomic mass is 9.76. The molecule has 2 amide bonds. The van der Waals surface area contributed by atoms with Crippen LogP contribution in [0.1, 0.15) is 25.7 Å². The summed E-state index contributed by atoms with van der Waals surface area (Å²) >= 11 is 0. The molecule has 3 fully saturated rings. The minimum atomic E-state index is -0.444. The molecule has 25 heavy (non-hydrogen) atoms. The number of amides is 2. The van der Waals surface area contributed by atoms with Gasteiger partial charge in [0.05, 0.1) is 24.5 Å². The zero-order chi connectivity index (χ0) is 17.0. The second-order valence-electron chi connectivity index (χ2n) is 7.55. The van der Waals surface area contributed by atoms with Crippen LogP contribution in [0, 0.1) is 23.2 Å². The van der Waals surface area contributed by atoms with Crippen molar-refractivity contribution in [2.24, 2.45) is 11.8 Å². The first-order chi connectivity index (χ1) is 12.3. The van der Waals surface area contributed by atoms with Gasteiger partial charge in [0.1, 0.15) is 6.04 Å². The Labute approximate surface area is 146 Å². The van der Waals surface area contributed by atoms with Crippen LogP contribution in [0.25, 0.3) is 10.8 Å². The Morgan fingerprint density at radius 1 is 1.12 bits per heavy atom. The van der Waals surface area contributed by atoms with Crippen LogP contribution < -0.4 is 4.90 Å². The molecule has 2 aliphatic carbocycles. The normalized spacial score (nSPS) is 28.9. The van der Waals surface area contributed by atoms with Crippen molar-refractivity contribution in [1.82, 2.24) is 9.88 Å². The standard InChI is InChI=1S/C20H20N4O/c21-9-17-12-23(16-7-15(8-16)13-5-6-13)20(25)24(17)19-11-22-10-14-3-1-2-4-18(14)19/h1-4,10-11,13,15-17H,5-8,12H2. The zero-order valence-corrected chi connectivity index (χ0v) is 14.0. The molecule has 5 nitrogen and oxygen atoms in total. The molecule has 2 aromatic rings. The predicted molar refractivity (Wildman–Crippen MR) is 95.0 cm³/mol. The van der Waals surface area contributed by atoms with E-state index in [-0.39, 0.29) is 6.03 Å². The van der Waals surface area contributed by atoms with E-state index in [0.717, 1.165) is 41.1 Å². The Kier molecular flexibility index (Phi) is 3.21. The Bertz CT molecular complexity index is 873. The second kappa shape index (κ2) is 5.45. The summed E-state index contributed by atoms with van der Waals surface area (Å²) in [6.45, 7) is 0.501. The number of rotatable bonds is 3. The van der Waals surface area contributed by atoms with E-state index < -0.39 is 6.04 Å². The summed E-state index contributed by atoms with van der Waals surface area (Å²) in [5, 5.41) is 11.6. The van der Waals surface area contributed by atoms with Gasteiger partial charge in [-0.1, -0.05) is 24.3 Å². The van der Waals surface area contributed by atoms with Gasteiger partial charge in [-0.3, -0.25) is 9.88 Å². The highest BCUT2D eigenvalue weighted by Gasteiger charge is 2.48. The van der Waals surface area contributed by atoms with Crippen molar-refractivity contribution in [3.8, 4) is 6.07 Å². The summed E-state index contributed by atoms with van der Waals surface area (Å²) in [7, 11) is 0. The summed E-state index contributed by atoms with van der Waals surface area (Å²) < 4.78 is 0. The van der Waals surface area contributed by atoms with Gasteiger partial charge in [-0.2, -0.15) is 5.26 Å². The zero-order valence-electron chi connectivity index (χ0n) is 14.0. The average molecular weight is 332 g/mol. The fraction of sp³-hybridized carbons (Fsp3) is 0.450. The molecule has 1 aliphatic heterocycles. The van der Waals surface area contributed by atoms with E-state index in [9.17, 15) is 10.1 Å². The third kappa shape index (κ3) is 2.28. The van der Waals surface area contributed by atoms with Gasteiger partial charge >= 0.3 is 6.03 Å². The summed E-state index contributed by atoms with van der Waals surface area (Å²) in [4.78, 5) is 21.0. The number of nitriles is 1. The minimum absolute atomic E-state index is 0.0380. The summed E-state index contributed by atoms with van der Waals surface area (Å²) in [5.74, 6) is 1.70. The highest BCUT2D eigenvalue weighted by Crippen LogP contribution is 2.49. The number of benzene rings is 1. The lowest BCUT2D eigenvalue weighted by molar-refractivity contribution is 0.104. The maximum Gasteiger partial charge on any atom is 0.326 e. The molecule has 0 spiro atoms. The van der Waals surface area contributed by atoms with Crippen molar-refractivity contribution in [2.45, 2.75) is 37.8 Å². The van der Waals surface area contributed by atoms with E-state index in [1.165, 1.54) is 12.8 Å². The topological polar surface area (TPSA) is 60.2 Å². The number of aromatic nitrogens is 1. The number of carbonyl (C=O) groups excluding carboxylic acids is 1. The van der Waals surface area contributed by atoms with Gasteiger partial charge in [0.25, 0.3) is 0 Å². The van der Waals surface area contributed by atoms with Crippen LogP contribution in [-0.2, 0) is 0 Å². The number of urea groups is 1. The van der Waals surface area contributed by atoms with Crippen molar-refractivity contribution < 1.29 is 4.79 Å². The molecule has 0 radical (unpaired) electrons.